The third kappa shape index (κ3) is 5.73. The van der Waals surface area contributed by atoms with Crippen LogP contribution >= 0.6 is 0 Å². The lowest BCUT2D eigenvalue weighted by atomic mass is 10.0. The second-order valence-electron chi connectivity index (χ2n) is 9.03. The van der Waals surface area contributed by atoms with E-state index >= 15 is 0 Å². The second kappa shape index (κ2) is 9.98. The number of anilines is 2. The zero-order valence-electron chi connectivity index (χ0n) is 20.5. The van der Waals surface area contributed by atoms with Crippen LogP contribution in [0, 0.1) is 6.92 Å². The zero-order valence-corrected chi connectivity index (χ0v) is 20.5. The summed E-state index contributed by atoms with van der Waals surface area (Å²) in [6.45, 7) is 7.19. The molecule has 0 saturated carbocycles. The van der Waals surface area contributed by atoms with E-state index in [4.69, 9.17) is 24.7 Å². The summed E-state index contributed by atoms with van der Waals surface area (Å²) >= 11 is 0. The predicted octanol–water partition coefficient (Wildman–Crippen LogP) is 4.91. The van der Waals surface area contributed by atoms with Crippen LogP contribution in [0.5, 0.6) is 11.5 Å². The number of nitrogen functional groups attached to an aromatic ring is 1. The third-order valence-electron chi connectivity index (χ3n) is 5.86. The summed E-state index contributed by atoms with van der Waals surface area (Å²) < 4.78 is 62.3. The largest absolute Gasteiger partial charge is 0.493 e. The molecule has 1 saturated heterocycles. The highest BCUT2D eigenvalue weighted by Gasteiger charge is 2.34. The lowest BCUT2D eigenvalue weighted by molar-refractivity contribution is -0.201. The van der Waals surface area contributed by atoms with E-state index in [0.29, 0.717) is 59.4 Å². The summed E-state index contributed by atoms with van der Waals surface area (Å²) in [5.41, 5.74) is 5.66. The van der Waals surface area contributed by atoms with Crippen LogP contribution in [0.15, 0.2) is 30.3 Å². The van der Waals surface area contributed by atoms with Crippen LogP contribution in [0.1, 0.15) is 36.8 Å². The van der Waals surface area contributed by atoms with Gasteiger partial charge in [0.1, 0.15) is 23.9 Å². The highest BCUT2D eigenvalue weighted by Crippen LogP contribution is 2.37. The Morgan fingerprint density at radius 1 is 1.11 bits per heavy atom. The van der Waals surface area contributed by atoms with Gasteiger partial charge in [0.25, 0.3) is 0 Å². The van der Waals surface area contributed by atoms with Gasteiger partial charge < -0.3 is 30.0 Å². The Hall–Kier alpha value is -3.31. The van der Waals surface area contributed by atoms with E-state index in [0.717, 1.165) is 12.1 Å². The Balaban J connectivity index is 1.60. The van der Waals surface area contributed by atoms with Crippen molar-refractivity contribution in [3.8, 4) is 11.5 Å². The molecule has 3 aromatic rings. The molecule has 2 aromatic carbocycles. The van der Waals surface area contributed by atoms with Gasteiger partial charge in [0.05, 0.1) is 44.1 Å². The van der Waals surface area contributed by atoms with Crippen molar-refractivity contribution in [3.63, 3.8) is 0 Å². The first-order valence-electron chi connectivity index (χ1n) is 11.4. The number of nitrogens with one attached hydrogen (secondary N) is 1. The van der Waals surface area contributed by atoms with Crippen LogP contribution in [-0.2, 0) is 15.7 Å². The van der Waals surface area contributed by atoms with Crippen molar-refractivity contribution in [1.29, 1.82) is 0 Å². The molecule has 0 aliphatic carbocycles. The molecule has 2 heterocycles. The van der Waals surface area contributed by atoms with Gasteiger partial charge in [-0.25, -0.2) is 9.97 Å². The molecule has 0 amide bonds. The molecule has 0 bridgehead atoms. The van der Waals surface area contributed by atoms with Crippen LogP contribution in [0.3, 0.4) is 0 Å². The van der Waals surface area contributed by atoms with E-state index in [1.165, 1.54) is 13.2 Å². The number of hydrogen-bond acceptors (Lipinski definition) is 8. The topological polar surface area (TPSA) is 101 Å². The van der Waals surface area contributed by atoms with Crippen molar-refractivity contribution in [2.75, 3.05) is 44.6 Å². The second-order valence-corrected chi connectivity index (χ2v) is 9.03. The molecule has 0 unspecified atom stereocenters. The standard InChI is InChI=1S/C25H29F3N4O4/c1-14(16-7-17(25(26,27)28)9-18(29)8-16)30-23-19-10-22(35-5-6-36-24(3)12-34-13-24)21(33-4)11-20(19)31-15(2)32-23/h7-11,14H,5-6,12-13,29H2,1-4H3,(H,30,31,32)/t14-/m1/s1. The number of nitrogens with two attached hydrogens (primary N) is 1. The van der Waals surface area contributed by atoms with E-state index in [1.54, 1.807) is 26.0 Å². The van der Waals surface area contributed by atoms with Gasteiger partial charge in [-0.2, -0.15) is 13.2 Å². The maximum atomic E-state index is 13.3. The smallest absolute Gasteiger partial charge is 0.416 e. The van der Waals surface area contributed by atoms with Crippen molar-refractivity contribution in [3.05, 3.63) is 47.3 Å². The molecule has 36 heavy (non-hydrogen) atoms. The Labute approximate surface area is 206 Å². The third-order valence-corrected chi connectivity index (χ3v) is 5.86. The van der Waals surface area contributed by atoms with Crippen molar-refractivity contribution in [2.24, 2.45) is 0 Å². The van der Waals surface area contributed by atoms with Crippen LogP contribution in [0.4, 0.5) is 24.7 Å². The number of benzene rings is 2. The highest BCUT2D eigenvalue weighted by atomic mass is 19.4. The van der Waals surface area contributed by atoms with Crippen LogP contribution in [-0.4, -0.2) is 49.1 Å². The predicted molar refractivity (Wildman–Crippen MR) is 129 cm³/mol. The molecule has 0 radical (unpaired) electrons. The lowest BCUT2D eigenvalue weighted by Gasteiger charge is -2.37. The number of fused-ring (bicyclic) bond motifs is 1. The Kier molecular flexibility index (Phi) is 7.14. The Bertz CT molecular complexity index is 1250. The van der Waals surface area contributed by atoms with Gasteiger partial charge in [0.2, 0.25) is 0 Å². The summed E-state index contributed by atoms with van der Waals surface area (Å²) in [4.78, 5) is 8.97. The molecule has 1 fully saturated rings. The molecule has 8 nitrogen and oxygen atoms in total. The van der Waals surface area contributed by atoms with Crippen molar-refractivity contribution >= 4 is 22.4 Å². The maximum absolute atomic E-state index is 13.3. The summed E-state index contributed by atoms with van der Waals surface area (Å²) in [5, 5.41) is 3.83. The Morgan fingerprint density at radius 3 is 2.50 bits per heavy atom. The number of hydrogen-bond donors (Lipinski definition) is 2. The molecular weight excluding hydrogens is 477 g/mol. The number of methoxy groups -OCH3 is 1. The van der Waals surface area contributed by atoms with Crippen LogP contribution in [0.25, 0.3) is 10.9 Å². The summed E-state index contributed by atoms with van der Waals surface area (Å²) in [6.07, 6.45) is -4.50. The Morgan fingerprint density at radius 2 is 1.86 bits per heavy atom. The SMILES string of the molecule is COc1cc2nc(C)nc(N[C@H](C)c3cc(N)cc(C(F)(F)F)c3)c2cc1OCCOC1(C)COC1. The van der Waals surface area contributed by atoms with Gasteiger partial charge in [-0.15, -0.1) is 0 Å². The van der Waals surface area contributed by atoms with Gasteiger partial charge in [-0.3, -0.25) is 0 Å². The molecule has 1 atom stereocenters. The molecule has 4 rings (SSSR count). The normalized spacial score (nSPS) is 15.9. The molecule has 0 spiro atoms. The van der Waals surface area contributed by atoms with Crippen LogP contribution < -0.4 is 20.5 Å². The van der Waals surface area contributed by atoms with Gasteiger partial charge in [-0.05, 0) is 50.6 Å². The van der Waals surface area contributed by atoms with Gasteiger partial charge in [0, 0.05) is 17.1 Å². The van der Waals surface area contributed by atoms with Crippen molar-refractivity contribution < 1.29 is 32.1 Å². The van der Waals surface area contributed by atoms with Crippen LogP contribution in [0.2, 0.25) is 0 Å². The molecule has 1 aliphatic heterocycles. The number of aromatic nitrogens is 2. The van der Waals surface area contributed by atoms with Gasteiger partial charge in [-0.1, -0.05) is 0 Å². The van der Waals surface area contributed by atoms with E-state index < -0.39 is 17.8 Å². The molecule has 3 N–H and O–H groups in total. The lowest BCUT2D eigenvalue weighted by Crippen LogP contribution is -2.49. The minimum Gasteiger partial charge on any atom is -0.493 e. The van der Waals surface area contributed by atoms with E-state index in [2.05, 4.69) is 15.3 Å². The first kappa shape index (κ1) is 25.8. The highest BCUT2D eigenvalue weighted by molar-refractivity contribution is 5.92. The molecule has 11 heteroatoms. The number of halogens is 3. The monoisotopic (exact) mass is 506 g/mol. The summed E-state index contributed by atoms with van der Waals surface area (Å²) in [5.74, 6) is 1.89. The average molecular weight is 507 g/mol. The quantitative estimate of drug-likeness (QED) is 0.312. The van der Waals surface area contributed by atoms with Crippen molar-refractivity contribution in [2.45, 2.75) is 38.6 Å². The fourth-order valence-corrected chi connectivity index (χ4v) is 3.93. The fourth-order valence-electron chi connectivity index (χ4n) is 3.93. The van der Waals surface area contributed by atoms with Gasteiger partial charge >= 0.3 is 6.18 Å². The number of nitrogens with zero attached hydrogens (tertiary/aromatic N) is 2. The van der Waals surface area contributed by atoms with E-state index in [1.807, 2.05) is 6.92 Å². The summed E-state index contributed by atoms with van der Waals surface area (Å²) in [6, 6.07) is 6.45. The summed E-state index contributed by atoms with van der Waals surface area (Å²) in [7, 11) is 1.53. The molecular formula is C25H29F3N4O4. The maximum Gasteiger partial charge on any atom is 0.416 e. The number of aryl methyl sites for hydroxylation is 1. The first-order chi connectivity index (χ1) is 17.0. The van der Waals surface area contributed by atoms with E-state index in [-0.39, 0.29) is 17.9 Å². The minimum atomic E-state index is -4.50. The molecule has 1 aromatic heterocycles. The van der Waals surface area contributed by atoms with Crippen molar-refractivity contribution in [1.82, 2.24) is 9.97 Å². The van der Waals surface area contributed by atoms with Gasteiger partial charge in [0.15, 0.2) is 11.5 Å². The van der Waals surface area contributed by atoms with E-state index in [9.17, 15) is 13.2 Å². The first-order valence-corrected chi connectivity index (χ1v) is 11.4. The zero-order chi connectivity index (χ0) is 26.1. The molecule has 1 aliphatic rings. The number of ether oxygens (including phenoxy) is 4. The average Bonchev–Trinajstić information content (AvgIpc) is 2.79. The molecule has 194 valence electrons. The number of alkyl halides is 3. The minimum absolute atomic E-state index is 0.0298. The number of rotatable bonds is 9. The fraction of sp³-hybridized carbons (Fsp3) is 0.440.